The lowest BCUT2D eigenvalue weighted by Crippen LogP contribution is -2.37. The first-order valence-electron chi connectivity index (χ1n) is 8.20. The predicted octanol–water partition coefficient (Wildman–Crippen LogP) is 3.99. The van der Waals surface area contributed by atoms with Crippen molar-refractivity contribution in [3.8, 4) is 5.75 Å². The molecule has 2 aromatic rings. The molecule has 0 fully saturated rings. The molecule has 0 saturated heterocycles. The highest BCUT2D eigenvalue weighted by Crippen LogP contribution is 2.35. The Kier molecular flexibility index (Phi) is 4.65. The first-order chi connectivity index (χ1) is 11.1. The molecule has 0 aliphatic carbocycles. The van der Waals surface area contributed by atoms with Crippen molar-refractivity contribution in [3.05, 3.63) is 65.7 Å². The lowest BCUT2D eigenvalue weighted by Gasteiger charge is -2.28. The van der Waals surface area contributed by atoms with Gasteiger partial charge in [-0.1, -0.05) is 48.5 Å². The Bertz CT molecular complexity index is 666. The van der Waals surface area contributed by atoms with Gasteiger partial charge in [0.15, 0.2) is 0 Å². The fraction of sp³-hybridized carbons (Fsp3) is 0.350. The van der Waals surface area contributed by atoms with Gasteiger partial charge in [-0.15, -0.1) is 0 Å². The number of carbonyl (C=O) groups is 1. The first kappa shape index (κ1) is 15.6. The number of amides is 1. The molecule has 23 heavy (non-hydrogen) atoms. The number of hydrogen-bond donors (Lipinski definition) is 0. The SMILES string of the molecule is CC(C)N(Cc1ccccc1)C(=O)CC1COc2ccccc21. The molecular formula is C20H23NO2. The van der Waals surface area contributed by atoms with Gasteiger partial charge in [-0.2, -0.15) is 0 Å². The van der Waals surface area contributed by atoms with Crippen LogP contribution in [-0.2, 0) is 11.3 Å². The predicted molar refractivity (Wildman–Crippen MR) is 91.4 cm³/mol. The Labute approximate surface area is 137 Å². The molecule has 0 N–H and O–H groups in total. The van der Waals surface area contributed by atoms with E-state index in [0.717, 1.165) is 16.9 Å². The summed E-state index contributed by atoms with van der Waals surface area (Å²) >= 11 is 0. The van der Waals surface area contributed by atoms with Crippen molar-refractivity contribution in [1.29, 1.82) is 0 Å². The zero-order chi connectivity index (χ0) is 16.2. The van der Waals surface area contributed by atoms with E-state index in [1.807, 2.05) is 41.3 Å². The summed E-state index contributed by atoms with van der Waals surface area (Å²) in [6.45, 7) is 5.40. The highest BCUT2D eigenvalue weighted by atomic mass is 16.5. The van der Waals surface area contributed by atoms with Gasteiger partial charge >= 0.3 is 0 Å². The largest absolute Gasteiger partial charge is 0.493 e. The maximum atomic E-state index is 12.8. The van der Waals surface area contributed by atoms with Gasteiger partial charge in [0.25, 0.3) is 0 Å². The van der Waals surface area contributed by atoms with Crippen molar-refractivity contribution in [3.63, 3.8) is 0 Å². The van der Waals surface area contributed by atoms with Gasteiger partial charge in [-0.25, -0.2) is 0 Å². The number of hydrogen-bond acceptors (Lipinski definition) is 2. The monoisotopic (exact) mass is 309 g/mol. The van der Waals surface area contributed by atoms with E-state index >= 15 is 0 Å². The molecule has 120 valence electrons. The molecule has 0 aromatic heterocycles. The summed E-state index contributed by atoms with van der Waals surface area (Å²) in [6, 6.07) is 18.4. The number of benzene rings is 2. The summed E-state index contributed by atoms with van der Waals surface area (Å²) in [4.78, 5) is 14.8. The average Bonchev–Trinajstić information content (AvgIpc) is 2.96. The third-order valence-electron chi connectivity index (χ3n) is 4.36. The highest BCUT2D eigenvalue weighted by Gasteiger charge is 2.28. The highest BCUT2D eigenvalue weighted by molar-refractivity contribution is 5.77. The van der Waals surface area contributed by atoms with E-state index in [-0.39, 0.29) is 17.9 Å². The van der Waals surface area contributed by atoms with Crippen molar-refractivity contribution in [2.45, 2.75) is 38.8 Å². The maximum Gasteiger partial charge on any atom is 0.223 e. The molecule has 0 spiro atoms. The number of carbonyl (C=O) groups excluding carboxylic acids is 1. The number of para-hydroxylation sites is 1. The van der Waals surface area contributed by atoms with E-state index in [1.165, 1.54) is 0 Å². The number of nitrogens with zero attached hydrogens (tertiary/aromatic N) is 1. The summed E-state index contributed by atoms with van der Waals surface area (Å²) in [6.07, 6.45) is 0.502. The zero-order valence-corrected chi connectivity index (χ0v) is 13.7. The quantitative estimate of drug-likeness (QED) is 0.836. The van der Waals surface area contributed by atoms with E-state index in [1.54, 1.807) is 0 Å². The Hall–Kier alpha value is -2.29. The lowest BCUT2D eigenvalue weighted by atomic mass is 9.97. The molecule has 1 atom stereocenters. The van der Waals surface area contributed by atoms with Crippen molar-refractivity contribution < 1.29 is 9.53 Å². The first-order valence-corrected chi connectivity index (χ1v) is 8.20. The number of fused-ring (bicyclic) bond motifs is 1. The summed E-state index contributed by atoms with van der Waals surface area (Å²) in [5.74, 6) is 1.27. The van der Waals surface area contributed by atoms with Crippen LogP contribution in [0.2, 0.25) is 0 Å². The normalized spacial score (nSPS) is 16.0. The molecule has 1 heterocycles. The van der Waals surface area contributed by atoms with Gasteiger partial charge in [0.2, 0.25) is 5.91 Å². The second-order valence-corrected chi connectivity index (χ2v) is 6.35. The van der Waals surface area contributed by atoms with Crippen LogP contribution in [0.3, 0.4) is 0 Å². The average molecular weight is 309 g/mol. The van der Waals surface area contributed by atoms with E-state index in [2.05, 4.69) is 32.0 Å². The van der Waals surface area contributed by atoms with Crippen LogP contribution in [0.5, 0.6) is 5.75 Å². The van der Waals surface area contributed by atoms with Gasteiger partial charge in [0.05, 0.1) is 6.61 Å². The standard InChI is InChI=1S/C20H23NO2/c1-15(2)21(13-16-8-4-3-5-9-16)20(22)12-17-14-23-19-11-7-6-10-18(17)19/h3-11,15,17H,12-14H2,1-2H3. The maximum absolute atomic E-state index is 12.8. The molecule has 3 nitrogen and oxygen atoms in total. The zero-order valence-electron chi connectivity index (χ0n) is 13.7. The molecule has 1 amide bonds. The van der Waals surface area contributed by atoms with Gasteiger partial charge in [0.1, 0.15) is 5.75 Å². The van der Waals surface area contributed by atoms with Crippen LogP contribution < -0.4 is 4.74 Å². The smallest absolute Gasteiger partial charge is 0.223 e. The van der Waals surface area contributed by atoms with Crippen LogP contribution in [0.25, 0.3) is 0 Å². The van der Waals surface area contributed by atoms with Crippen LogP contribution >= 0.6 is 0 Å². The van der Waals surface area contributed by atoms with Crippen molar-refractivity contribution >= 4 is 5.91 Å². The minimum atomic E-state index is 0.163. The fourth-order valence-corrected chi connectivity index (χ4v) is 3.07. The van der Waals surface area contributed by atoms with Crippen molar-refractivity contribution in [2.24, 2.45) is 0 Å². The second kappa shape index (κ2) is 6.86. The Morgan fingerprint density at radius 2 is 1.83 bits per heavy atom. The molecule has 0 saturated carbocycles. The summed E-state index contributed by atoms with van der Waals surface area (Å²) in [5, 5.41) is 0. The van der Waals surface area contributed by atoms with Gasteiger partial charge in [-0.05, 0) is 25.5 Å². The van der Waals surface area contributed by atoms with Crippen LogP contribution in [0.4, 0.5) is 0 Å². The Balaban J connectivity index is 1.70. The Morgan fingerprint density at radius 3 is 2.57 bits per heavy atom. The van der Waals surface area contributed by atoms with Crippen LogP contribution in [-0.4, -0.2) is 23.5 Å². The molecule has 3 rings (SSSR count). The Morgan fingerprint density at radius 1 is 1.13 bits per heavy atom. The summed E-state index contributed by atoms with van der Waals surface area (Å²) in [5.41, 5.74) is 2.32. The summed E-state index contributed by atoms with van der Waals surface area (Å²) < 4.78 is 5.70. The van der Waals surface area contributed by atoms with Crippen molar-refractivity contribution in [1.82, 2.24) is 4.90 Å². The fourth-order valence-electron chi connectivity index (χ4n) is 3.07. The van der Waals surface area contributed by atoms with E-state index in [9.17, 15) is 4.79 Å². The number of ether oxygens (including phenoxy) is 1. The third-order valence-corrected chi connectivity index (χ3v) is 4.36. The van der Waals surface area contributed by atoms with E-state index in [0.29, 0.717) is 19.6 Å². The van der Waals surface area contributed by atoms with Crippen LogP contribution in [0.15, 0.2) is 54.6 Å². The molecule has 2 aromatic carbocycles. The molecular weight excluding hydrogens is 286 g/mol. The van der Waals surface area contributed by atoms with Gasteiger partial charge in [0, 0.05) is 30.5 Å². The molecule has 1 aliphatic rings. The molecule has 0 bridgehead atoms. The van der Waals surface area contributed by atoms with Crippen molar-refractivity contribution in [2.75, 3.05) is 6.61 Å². The second-order valence-electron chi connectivity index (χ2n) is 6.35. The molecule has 3 heteroatoms. The molecule has 1 unspecified atom stereocenters. The van der Waals surface area contributed by atoms with E-state index < -0.39 is 0 Å². The minimum absolute atomic E-state index is 0.163. The summed E-state index contributed by atoms with van der Waals surface area (Å²) in [7, 11) is 0. The lowest BCUT2D eigenvalue weighted by molar-refractivity contribution is -0.134. The molecule has 1 aliphatic heterocycles. The van der Waals surface area contributed by atoms with Gasteiger partial charge in [-0.3, -0.25) is 4.79 Å². The number of rotatable bonds is 5. The van der Waals surface area contributed by atoms with Crippen LogP contribution in [0.1, 0.15) is 37.3 Å². The van der Waals surface area contributed by atoms with Crippen LogP contribution in [0, 0.1) is 0 Å². The third kappa shape index (κ3) is 3.55. The topological polar surface area (TPSA) is 29.5 Å². The molecule has 0 radical (unpaired) electrons. The van der Waals surface area contributed by atoms with E-state index in [4.69, 9.17) is 4.74 Å². The minimum Gasteiger partial charge on any atom is -0.493 e. The van der Waals surface area contributed by atoms with Gasteiger partial charge < -0.3 is 9.64 Å².